The lowest BCUT2D eigenvalue weighted by atomic mass is 10.2. The summed E-state index contributed by atoms with van der Waals surface area (Å²) in [7, 11) is 0. The Morgan fingerprint density at radius 1 is 1.33 bits per heavy atom. The second-order valence-electron chi connectivity index (χ2n) is 6.59. The molecule has 0 spiro atoms. The van der Waals surface area contributed by atoms with Crippen LogP contribution in [-0.2, 0) is 6.54 Å². The second-order valence-corrected chi connectivity index (χ2v) is 6.59. The summed E-state index contributed by atoms with van der Waals surface area (Å²) in [5.41, 5.74) is 1.29. The van der Waals surface area contributed by atoms with Gasteiger partial charge in [-0.3, -0.25) is 14.3 Å². The van der Waals surface area contributed by atoms with Crippen molar-refractivity contribution in [3.05, 3.63) is 46.4 Å². The van der Waals surface area contributed by atoms with E-state index in [2.05, 4.69) is 25.4 Å². The molecule has 0 radical (unpaired) electrons. The predicted molar refractivity (Wildman–Crippen MR) is 84.5 cm³/mol. The highest BCUT2D eigenvalue weighted by molar-refractivity contribution is 5.79. The Morgan fingerprint density at radius 2 is 2.17 bits per heavy atom. The summed E-state index contributed by atoms with van der Waals surface area (Å²) in [5.74, 6) is 2.89. The van der Waals surface area contributed by atoms with Crippen molar-refractivity contribution in [3.63, 3.8) is 0 Å². The molecule has 122 valence electrons. The molecule has 1 saturated heterocycles. The Labute approximate surface area is 136 Å². The third-order valence-corrected chi connectivity index (χ3v) is 5.11. The van der Waals surface area contributed by atoms with Crippen molar-refractivity contribution >= 4 is 10.9 Å². The fourth-order valence-corrected chi connectivity index (χ4v) is 3.78. The Hall–Kier alpha value is -2.61. The van der Waals surface area contributed by atoms with E-state index in [9.17, 15) is 4.79 Å². The maximum atomic E-state index is 12.7. The SMILES string of the molecule is Cc1cncc2ncn(Cc3nc(C4C5CNCC54)no3)c(=O)c12. The van der Waals surface area contributed by atoms with Crippen LogP contribution >= 0.6 is 0 Å². The lowest BCUT2D eigenvalue weighted by molar-refractivity contribution is 0.363. The van der Waals surface area contributed by atoms with Crippen molar-refractivity contribution in [2.45, 2.75) is 19.4 Å². The highest BCUT2D eigenvalue weighted by atomic mass is 16.5. The van der Waals surface area contributed by atoms with E-state index in [0.29, 0.717) is 34.5 Å². The molecule has 0 amide bonds. The zero-order chi connectivity index (χ0) is 16.3. The van der Waals surface area contributed by atoms with Gasteiger partial charge in [-0.15, -0.1) is 0 Å². The largest absolute Gasteiger partial charge is 0.337 e. The van der Waals surface area contributed by atoms with Crippen LogP contribution in [-0.4, -0.2) is 37.8 Å². The fraction of sp³-hybridized carbons (Fsp3) is 0.438. The summed E-state index contributed by atoms with van der Waals surface area (Å²) in [6, 6.07) is 0. The number of rotatable bonds is 3. The monoisotopic (exact) mass is 324 g/mol. The highest BCUT2D eigenvalue weighted by Crippen LogP contribution is 2.54. The molecule has 2 atom stereocenters. The van der Waals surface area contributed by atoms with Crippen LogP contribution in [0, 0.1) is 18.8 Å². The van der Waals surface area contributed by atoms with Gasteiger partial charge in [0.2, 0.25) is 5.89 Å². The maximum absolute atomic E-state index is 12.7. The minimum absolute atomic E-state index is 0.118. The van der Waals surface area contributed by atoms with Gasteiger partial charge in [0, 0.05) is 12.1 Å². The molecule has 1 saturated carbocycles. The topological polar surface area (TPSA) is 98.7 Å². The van der Waals surface area contributed by atoms with Gasteiger partial charge < -0.3 is 9.84 Å². The first kappa shape index (κ1) is 13.8. The molecule has 5 rings (SSSR count). The average Bonchev–Trinajstić information content (AvgIpc) is 2.95. The molecular weight excluding hydrogens is 308 g/mol. The first-order valence-corrected chi connectivity index (χ1v) is 8.05. The summed E-state index contributed by atoms with van der Waals surface area (Å²) < 4.78 is 6.85. The van der Waals surface area contributed by atoms with Gasteiger partial charge in [0.15, 0.2) is 5.82 Å². The van der Waals surface area contributed by atoms with E-state index in [0.717, 1.165) is 24.5 Å². The Kier molecular flexibility index (Phi) is 2.84. The third kappa shape index (κ3) is 1.99. The highest BCUT2D eigenvalue weighted by Gasteiger charge is 2.55. The Morgan fingerprint density at radius 3 is 3.00 bits per heavy atom. The Balaban J connectivity index is 1.45. The number of nitrogens with one attached hydrogen (secondary N) is 1. The van der Waals surface area contributed by atoms with Crippen molar-refractivity contribution < 1.29 is 4.52 Å². The van der Waals surface area contributed by atoms with E-state index < -0.39 is 0 Å². The van der Waals surface area contributed by atoms with Crippen LogP contribution in [0.25, 0.3) is 10.9 Å². The smallest absolute Gasteiger partial charge is 0.262 e. The minimum atomic E-state index is -0.118. The molecule has 1 N–H and O–H groups in total. The van der Waals surface area contributed by atoms with Crippen LogP contribution < -0.4 is 10.9 Å². The van der Waals surface area contributed by atoms with Gasteiger partial charge in [-0.2, -0.15) is 4.98 Å². The number of aromatic nitrogens is 5. The second kappa shape index (κ2) is 4.94. The molecule has 0 bridgehead atoms. The van der Waals surface area contributed by atoms with E-state index >= 15 is 0 Å². The van der Waals surface area contributed by atoms with Crippen LogP contribution in [0.5, 0.6) is 0 Å². The van der Waals surface area contributed by atoms with E-state index in [4.69, 9.17) is 4.52 Å². The third-order valence-electron chi connectivity index (χ3n) is 5.11. The zero-order valence-electron chi connectivity index (χ0n) is 13.1. The number of fused-ring (bicyclic) bond motifs is 2. The van der Waals surface area contributed by atoms with Crippen molar-refractivity contribution in [2.75, 3.05) is 13.1 Å². The Bertz CT molecular complexity index is 984. The summed E-state index contributed by atoms with van der Waals surface area (Å²) in [6.45, 7) is 4.14. The molecule has 2 aliphatic rings. The van der Waals surface area contributed by atoms with Gasteiger partial charge in [-0.25, -0.2) is 4.98 Å². The maximum Gasteiger partial charge on any atom is 0.262 e. The summed E-state index contributed by atoms with van der Waals surface area (Å²) in [6.07, 6.45) is 4.77. The number of aryl methyl sites for hydroxylation is 1. The van der Waals surface area contributed by atoms with E-state index in [-0.39, 0.29) is 12.1 Å². The molecule has 24 heavy (non-hydrogen) atoms. The van der Waals surface area contributed by atoms with Crippen molar-refractivity contribution in [1.29, 1.82) is 0 Å². The average molecular weight is 324 g/mol. The van der Waals surface area contributed by atoms with Gasteiger partial charge in [0.25, 0.3) is 5.56 Å². The molecule has 1 aliphatic heterocycles. The van der Waals surface area contributed by atoms with Gasteiger partial charge in [-0.05, 0) is 37.4 Å². The molecule has 2 unspecified atom stereocenters. The van der Waals surface area contributed by atoms with E-state index in [1.165, 1.54) is 10.9 Å². The summed E-state index contributed by atoms with van der Waals surface area (Å²) in [4.78, 5) is 25.5. The zero-order valence-corrected chi connectivity index (χ0v) is 13.1. The first-order valence-electron chi connectivity index (χ1n) is 8.05. The normalized spacial score (nSPS) is 25.1. The van der Waals surface area contributed by atoms with Crippen molar-refractivity contribution in [3.8, 4) is 0 Å². The van der Waals surface area contributed by atoms with Crippen LogP contribution in [0.15, 0.2) is 28.0 Å². The quantitative estimate of drug-likeness (QED) is 0.747. The van der Waals surface area contributed by atoms with Crippen molar-refractivity contribution in [1.82, 2.24) is 30.0 Å². The van der Waals surface area contributed by atoms with E-state index in [1.54, 1.807) is 12.4 Å². The number of piperidine rings is 1. The number of hydrogen-bond acceptors (Lipinski definition) is 7. The molecule has 8 nitrogen and oxygen atoms in total. The molecule has 3 aromatic heterocycles. The summed E-state index contributed by atoms with van der Waals surface area (Å²) >= 11 is 0. The molecule has 8 heteroatoms. The van der Waals surface area contributed by atoms with Crippen LogP contribution in [0.1, 0.15) is 23.2 Å². The first-order chi connectivity index (χ1) is 11.7. The molecule has 3 aromatic rings. The van der Waals surface area contributed by atoms with E-state index in [1.807, 2.05) is 6.92 Å². The van der Waals surface area contributed by atoms with Crippen molar-refractivity contribution in [2.24, 2.45) is 11.8 Å². The standard InChI is InChI=1S/C16H16N6O2/c1-8-2-17-5-11-13(8)16(23)22(7-19-11)6-12-20-15(21-24-12)14-9-3-18-4-10(9)14/h2,5,7,9-10,14,18H,3-4,6H2,1H3. The van der Waals surface area contributed by atoms with Gasteiger partial charge in [-0.1, -0.05) is 5.16 Å². The fourth-order valence-electron chi connectivity index (χ4n) is 3.78. The van der Waals surface area contributed by atoms with Crippen LogP contribution in [0.2, 0.25) is 0 Å². The lowest BCUT2D eigenvalue weighted by Crippen LogP contribution is -2.22. The van der Waals surface area contributed by atoms with Crippen LogP contribution in [0.4, 0.5) is 0 Å². The molecule has 0 aromatic carbocycles. The number of nitrogens with zero attached hydrogens (tertiary/aromatic N) is 5. The van der Waals surface area contributed by atoms with Gasteiger partial charge in [0.05, 0.1) is 23.4 Å². The predicted octanol–water partition coefficient (Wildman–Crippen LogP) is 0.464. The lowest BCUT2D eigenvalue weighted by Gasteiger charge is -2.05. The molecular formula is C16H16N6O2. The van der Waals surface area contributed by atoms with Gasteiger partial charge in [0.1, 0.15) is 6.54 Å². The molecule has 1 aliphatic carbocycles. The van der Waals surface area contributed by atoms with Gasteiger partial charge >= 0.3 is 0 Å². The minimum Gasteiger partial charge on any atom is -0.337 e. The number of hydrogen-bond donors (Lipinski definition) is 1. The number of pyridine rings is 1. The molecule has 2 fully saturated rings. The summed E-state index contributed by atoms with van der Waals surface area (Å²) in [5, 5.41) is 8.04. The van der Waals surface area contributed by atoms with Crippen LogP contribution in [0.3, 0.4) is 0 Å². The molecule has 4 heterocycles.